The van der Waals surface area contributed by atoms with Crippen LogP contribution in [0.25, 0.3) is 0 Å². The van der Waals surface area contributed by atoms with E-state index in [1.54, 1.807) is 36.6 Å². The summed E-state index contributed by atoms with van der Waals surface area (Å²) in [6.07, 6.45) is 1.52. The lowest BCUT2D eigenvalue weighted by atomic mass is 10.1. The molecule has 0 aliphatic heterocycles. The molecule has 0 saturated carbocycles. The molecule has 0 aliphatic carbocycles. The van der Waals surface area contributed by atoms with Gasteiger partial charge in [-0.3, -0.25) is 9.59 Å². The van der Waals surface area contributed by atoms with Crippen LogP contribution in [0, 0.1) is 6.92 Å². The number of sulfone groups is 1. The van der Waals surface area contributed by atoms with Crippen LogP contribution >= 0.6 is 11.3 Å². The van der Waals surface area contributed by atoms with Gasteiger partial charge in [-0.1, -0.05) is 37.3 Å². The fourth-order valence-electron chi connectivity index (χ4n) is 3.83. The minimum Gasteiger partial charge on any atom is -0.496 e. The number of thiazole rings is 1. The summed E-state index contributed by atoms with van der Waals surface area (Å²) in [5.74, 6) is -0.341. The van der Waals surface area contributed by atoms with Crippen LogP contribution in [0.5, 0.6) is 11.5 Å². The van der Waals surface area contributed by atoms with E-state index in [2.05, 4.69) is 4.98 Å². The molecular formula is C27H32N2O6S2. The smallest absolute Gasteiger partial charge is 0.254 e. The Labute approximate surface area is 222 Å². The van der Waals surface area contributed by atoms with Crippen molar-refractivity contribution in [2.45, 2.75) is 33.2 Å². The number of aromatic nitrogens is 1. The van der Waals surface area contributed by atoms with E-state index in [1.165, 1.54) is 12.5 Å². The van der Waals surface area contributed by atoms with E-state index in [1.807, 2.05) is 37.3 Å². The molecule has 0 spiro atoms. The number of rotatable bonds is 13. The third-order valence-electron chi connectivity index (χ3n) is 5.96. The summed E-state index contributed by atoms with van der Waals surface area (Å²) in [6, 6.07) is 13.4. The first-order valence-corrected chi connectivity index (χ1v) is 14.6. The molecule has 1 amide bonds. The van der Waals surface area contributed by atoms with Crippen LogP contribution in [0.15, 0.2) is 47.8 Å². The highest BCUT2D eigenvalue weighted by Gasteiger charge is 2.23. The van der Waals surface area contributed by atoms with E-state index in [0.717, 1.165) is 29.7 Å². The molecule has 0 fully saturated rings. The van der Waals surface area contributed by atoms with Gasteiger partial charge in [0.15, 0.2) is 14.8 Å². The Morgan fingerprint density at radius 2 is 1.70 bits per heavy atom. The van der Waals surface area contributed by atoms with Gasteiger partial charge in [0.25, 0.3) is 5.91 Å². The normalized spacial score (nSPS) is 11.2. The lowest BCUT2D eigenvalue weighted by molar-refractivity contribution is 0.0738. The van der Waals surface area contributed by atoms with Crippen LogP contribution in [0.3, 0.4) is 0 Å². The number of aryl methyl sites for hydroxylation is 1. The Hall–Kier alpha value is -3.24. The minimum atomic E-state index is -3.46. The molecule has 8 nitrogen and oxygen atoms in total. The highest BCUT2D eigenvalue weighted by atomic mass is 32.2. The Bertz CT molecular complexity index is 1310. The fourth-order valence-corrected chi connectivity index (χ4v) is 5.41. The van der Waals surface area contributed by atoms with Crippen molar-refractivity contribution in [3.05, 3.63) is 75.2 Å². The van der Waals surface area contributed by atoms with Crippen molar-refractivity contribution in [3.63, 3.8) is 0 Å². The Morgan fingerprint density at radius 3 is 2.30 bits per heavy atom. The van der Waals surface area contributed by atoms with Crippen molar-refractivity contribution in [2.24, 2.45) is 0 Å². The second-order valence-corrected chi connectivity index (χ2v) is 11.8. The van der Waals surface area contributed by atoms with Crippen LogP contribution in [-0.2, 0) is 22.8 Å². The van der Waals surface area contributed by atoms with Crippen molar-refractivity contribution in [2.75, 3.05) is 32.3 Å². The maximum absolute atomic E-state index is 13.7. The molecule has 1 heterocycles. The summed E-state index contributed by atoms with van der Waals surface area (Å²) in [7, 11) is -0.373. The SMILES string of the molecule is CCS(=O)(=O)CC(=O)c1nc(CN(CCCc2ccccc2)C(=O)c2cc(OC)c(C)c(OC)c2)cs1. The molecular weight excluding hydrogens is 512 g/mol. The second kappa shape index (κ2) is 12.8. The number of ketones is 1. The van der Waals surface area contributed by atoms with Gasteiger partial charge in [0, 0.05) is 28.8 Å². The Kier molecular flexibility index (Phi) is 9.82. The number of methoxy groups -OCH3 is 2. The predicted molar refractivity (Wildman–Crippen MR) is 145 cm³/mol. The van der Waals surface area contributed by atoms with E-state index in [-0.39, 0.29) is 23.2 Å². The Morgan fingerprint density at radius 1 is 1.05 bits per heavy atom. The quantitative estimate of drug-likeness (QED) is 0.295. The minimum absolute atomic E-state index is 0.107. The summed E-state index contributed by atoms with van der Waals surface area (Å²) in [4.78, 5) is 32.1. The number of ether oxygens (including phenoxy) is 2. The topological polar surface area (TPSA) is 103 Å². The van der Waals surface area contributed by atoms with Gasteiger partial charge in [-0.15, -0.1) is 11.3 Å². The first-order valence-electron chi connectivity index (χ1n) is 11.9. The third kappa shape index (κ3) is 7.62. The number of hydrogen-bond donors (Lipinski definition) is 0. The Balaban J connectivity index is 1.84. The summed E-state index contributed by atoms with van der Waals surface area (Å²) in [5.41, 5.74) is 2.91. The number of carbonyl (C=O) groups is 2. The van der Waals surface area contributed by atoms with E-state index >= 15 is 0 Å². The number of amides is 1. The van der Waals surface area contributed by atoms with Gasteiger partial charge in [-0.05, 0) is 37.5 Å². The van der Waals surface area contributed by atoms with Crippen LogP contribution in [0.2, 0.25) is 0 Å². The number of benzene rings is 2. The van der Waals surface area contributed by atoms with Gasteiger partial charge in [0.05, 0.1) is 26.5 Å². The zero-order valence-corrected chi connectivity index (χ0v) is 23.2. The second-order valence-electron chi connectivity index (χ2n) is 8.57. The molecule has 0 N–H and O–H groups in total. The van der Waals surface area contributed by atoms with Gasteiger partial charge in [-0.2, -0.15) is 0 Å². The standard InChI is InChI=1S/C27H32N2O6S2/c1-5-37(32,33)18-23(30)26-28-22(17-36-26)16-29(13-9-12-20-10-7-6-8-11-20)27(31)21-14-24(34-3)19(2)25(15-21)35-4/h6-8,10-11,14-15,17H,5,9,12-13,16,18H2,1-4H3. The third-order valence-corrected chi connectivity index (χ3v) is 8.47. The molecule has 0 radical (unpaired) electrons. The van der Waals surface area contributed by atoms with Crippen LogP contribution in [0.4, 0.5) is 0 Å². The highest BCUT2D eigenvalue weighted by molar-refractivity contribution is 7.92. The molecule has 0 atom stereocenters. The molecule has 0 bridgehead atoms. The highest BCUT2D eigenvalue weighted by Crippen LogP contribution is 2.30. The number of carbonyl (C=O) groups excluding carboxylic acids is 2. The lowest BCUT2D eigenvalue weighted by Crippen LogP contribution is -2.32. The van der Waals surface area contributed by atoms with Crippen molar-refractivity contribution >= 4 is 32.9 Å². The largest absolute Gasteiger partial charge is 0.496 e. The van der Waals surface area contributed by atoms with Crippen LogP contribution in [-0.4, -0.2) is 62.3 Å². The monoisotopic (exact) mass is 544 g/mol. The fraction of sp³-hybridized carbons (Fsp3) is 0.370. The predicted octanol–water partition coefficient (Wildman–Crippen LogP) is 4.36. The maximum Gasteiger partial charge on any atom is 0.254 e. The number of Topliss-reactive ketones (excluding diaryl/α,β-unsaturated/α-hetero) is 1. The molecule has 10 heteroatoms. The lowest BCUT2D eigenvalue weighted by Gasteiger charge is -2.23. The zero-order valence-electron chi connectivity index (χ0n) is 21.5. The molecule has 0 unspecified atom stereocenters. The molecule has 0 saturated heterocycles. The molecule has 3 aromatic rings. The average Bonchev–Trinajstić information content (AvgIpc) is 3.37. The molecule has 198 valence electrons. The zero-order chi connectivity index (χ0) is 27.0. The summed E-state index contributed by atoms with van der Waals surface area (Å²) in [6.45, 7) is 3.99. The maximum atomic E-state index is 13.7. The van der Waals surface area contributed by atoms with Gasteiger partial charge >= 0.3 is 0 Å². The summed E-state index contributed by atoms with van der Waals surface area (Å²) < 4.78 is 34.6. The molecule has 37 heavy (non-hydrogen) atoms. The number of hydrogen-bond acceptors (Lipinski definition) is 8. The van der Waals surface area contributed by atoms with Crippen LogP contribution < -0.4 is 9.47 Å². The van der Waals surface area contributed by atoms with Crippen molar-refractivity contribution in [1.29, 1.82) is 0 Å². The van der Waals surface area contributed by atoms with Gasteiger partial charge in [-0.25, -0.2) is 13.4 Å². The first-order chi connectivity index (χ1) is 17.7. The molecule has 0 aliphatic rings. The van der Waals surface area contributed by atoms with Crippen molar-refractivity contribution < 1.29 is 27.5 Å². The average molecular weight is 545 g/mol. The van der Waals surface area contributed by atoms with Gasteiger partial charge < -0.3 is 14.4 Å². The molecule has 1 aromatic heterocycles. The van der Waals surface area contributed by atoms with Gasteiger partial charge in [0.1, 0.15) is 17.3 Å². The van der Waals surface area contributed by atoms with Crippen LogP contribution in [0.1, 0.15) is 50.3 Å². The summed E-state index contributed by atoms with van der Waals surface area (Å²) >= 11 is 1.09. The van der Waals surface area contributed by atoms with E-state index in [4.69, 9.17) is 9.47 Å². The molecule has 3 rings (SSSR count). The molecule has 2 aromatic carbocycles. The first kappa shape index (κ1) is 28.3. The van der Waals surface area contributed by atoms with E-state index in [0.29, 0.717) is 29.3 Å². The number of nitrogens with zero attached hydrogens (tertiary/aromatic N) is 2. The summed E-state index contributed by atoms with van der Waals surface area (Å²) in [5, 5.41) is 1.82. The van der Waals surface area contributed by atoms with Crippen molar-refractivity contribution in [1.82, 2.24) is 9.88 Å². The van der Waals surface area contributed by atoms with E-state index in [9.17, 15) is 18.0 Å². The van der Waals surface area contributed by atoms with Gasteiger partial charge in [0.2, 0.25) is 5.78 Å². The van der Waals surface area contributed by atoms with Crippen molar-refractivity contribution in [3.8, 4) is 11.5 Å². The van der Waals surface area contributed by atoms with E-state index < -0.39 is 21.4 Å².